The summed E-state index contributed by atoms with van der Waals surface area (Å²) in [6, 6.07) is 2.07. The highest BCUT2D eigenvalue weighted by molar-refractivity contribution is 9.11. The van der Waals surface area contributed by atoms with E-state index < -0.39 is 0 Å². The molecule has 100 valence electrons. The lowest BCUT2D eigenvalue weighted by atomic mass is 10.1. The standard InChI is InChI=1S/C13H16Br2O3/c1-16-4-2-5-18-13-10-3-6-17-11(10)7-9(8-14)12(13)15/h7H,2-6,8H2,1H3. The van der Waals surface area contributed by atoms with E-state index in [4.69, 9.17) is 14.2 Å². The minimum atomic E-state index is 0.657. The number of fused-ring (bicyclic) bond motifs is 1. The average Bonchev–Trinajstić information content (AvgIpc) is 2.84. The molecule has 2 rings (SSSR count). The molecule has 0 saturated carbocycles. The van der Waals surface area contributed by atoms with E-state index in [9.17, 15) is 0 Å². The predicted molar refractivity (Wildman–Crippen MR) is 78.0 cm³/mol. The van der Waals surface area contributed by atoms with Gasteiger partial charge in [-0.05, 0) is 27.6 Å². The Kier molecular flexibility index (Phi) is 5.33. The summed E-state index contributed by atoms with van der Waals surface area (Å²) in [5.74, 6) is 1.88. The summed E-state index contributed by atoms with van der Waals surface area (Å²) >= 11 is 7.11. The molecule has 1 aromatic rings. The molecule has 5 heteroatoms. The second kappa shape index (κ2) is 6.78. The first-order chi connectivity index (χ1) is 8.77. The van der Waals surface area contributed by atoms with Crippen LogP contribution in [0.5, 0.6) is 11.5 Å². The van der Waals surface area contributed by atoms with Crippen LogP contribution in [-0.4, -0.2) is 26.9 Å². The van der Waals surface area contributed by atoms with Gasteiger partial charge in [-0.2, -0.15) is 0 Å². The summed E-state index contributed by atoms with van der Waals surface area (Å²) in [5.41, 5.74) is 2.32. The molecule has 1 aliphatic heterocycles. The number of ether oxygens (including phenoxy) is 3. The van der Waals surface area contributed by atoms with Crippen LogP contribution in [0, 0.1) is 0 Å². The van der Waals surface area contributed by atoms with E-state index in [2.05, 4.69) is 37.9 Å². The highest BCUT2D eigenvalue weighted by Gasteiger charge is 2.22. The van der Waals surface area contributed by atoms with E-state index in [0.717, 1.165) is 46.3 Å². The SMILES string of the molecule is COCCCOc1c(Br)c(CBr)cc2c1CCO2. The zero-order valence-corrected chi connectivity index (χ0v) is 13.5. The smallest absolute Gasteiger partial charge is 0.140 e. The van der Waals surface area contributed by atoms with Crippen molar-refractivity contribution in [3.63, 3.8) is 0 Å². The highest BCUT2D eigenvalue weighted by atomic mass is 79.9. The summed E-state index contributed by atoms with van der Waals surface area (Å²) in [6.45, 7) is 2.11. The molecule has 0 atom stereocenters. The number of hydrogen-bond donors (Lipinski definition) is 0. The molecule has 0 fully saturated rings. The van der Waals surface area contributed by atoms with Crippen molar-refractivity contribution in [3.05, 3.63) is 21.7 Å². The fourth-order valence-corrected chi connectivity index (χ4v) is 3.38. The summed E-state index contributed by atoms with van der Waals surface area (Å²) in [6.07, 6.45) is 1.80. The van der Waals surface area contributed by atoms with Crippen LogP contribution in [-0.2, 0) is 16.5 Å². The van der Waals surface area contributed by atoms with E-state index in [1.165, 1.54) is 5.56 Å². The number of rotatable bonds is 6. The third kappa shape index (κ3) is 3.00. The molecule has 0 amide bonds. The maximum Gasteiger partial charge on any atom is 0.140 e. The molecular formula is C13H16Br2O3. The summed E-state index contributed by atoms with van der Waals surface area (Å²) in [5, 5.41) is 0.776. The number of hydrogen-bond acceptors (Lipinski definition) is 3. The Hall–Kier alpha value is -0.260. The van der Waals surface area contributed by atoms with E-state index in [1.807, 2.05) is 0 Å². The van der Waals surface area contributed by atoms with Crippen molar-refractivity contribution in [2.24, 2.45) is 0 Å². The van der Waals surface area contributed by atoms with Crippen molar-refractivity contribution in [2.45, 2.75) is 18.2 Å². The van der Waals surface area contributed by atoms with Crippen molar-refractivity contribution >= 4 is 31.9 Å². The van der Waals surface area contributed by atoms with Crippen LogP contribution in [0.15, 0.2) is 10.5 Å². The first-order valence-electron chi connectivity index (χ1n) is 5.92. The zero-order chi connectivity index (χ0) is 13.0. The fourth-order valence-electron chi connectivity index (χ4n) is 1.95. The summed E-state index contributed by atoms with van der Waals surface area (Å²) in [4.78, 5) is 0. The Morgan fingerprint density at radius 1 is 1.39 bits per heavy atom. The van der Waals surface area contributed by atoms with Crippen LogP contribution in [0.2, 0.25) is 0 Å². The van der Waals surface area contributed by atoms with E-state index >= 15 is 0 Å². The zero-order valence-electron chi connectivity index (χ0n) is 10.3. The molecular weight excluding hydrogens is 364 g/mol. The third-order valence-electron chi connectivity index (χ3n) is 2.85. The van der Waals surface area contributed by atoms with Crippen LogP contribution in [0.1, 0.15) is 17.5 Å². The molecule has 1 heterocycles. The summed E-state index contributed by atoms with van der Waals surface area (Å²) in [7, 11) is 1.70. The van der Waals surface area contributed by atoms with Crippen molar-refractivity contribution < 1.29 is 14.2 Å². The molecule has 0 N–H and O–H groups in total. The minimum absolute atomic E-state index is 0.657. The van der Waals surface area contributed by atoms with Crippen molar-refractivity contribution in [2.75, 3.05) is 26.9 Å². The van der Waals surface area contributed by atoms with Gasteiger partial charge in [0.25, 0.3) is 0 Å². The van der Waals surface area contributed by atoms with Gasteiger partial charge < -0.3 is 14.2 Å². The molecule has 0 saturated heterocycles. The van der Waals surface area contributed by atoms with Gasteiger partial charge in [-0.25, -0.2) is 0 Å². The molecule has 0 aromatic heterocycles. The quantitative estimate of drug-likeness (QED) is 0.557. The molecule has 0 spiro atoms. The first-order valence-corrected chi connectivity index (χ1v) is 7.84. The number of benzene rings is 1. The Morgan fingerprint density at radius 3 is 2.94 bits per heavy atom. The van der Waals surface area contributed by atoms with Gasteiger partial charge in [0.15, 0.2) is 0 Å². The number of halogens is 2. The predicted octanol–water partition coefficient (Wildman–Crippen LogP) is 3.69. The second-order valence-electron chi connectivity index (χ2n) is 4.08. The van der Waals surface area contributed by atoms with Crippen LogP contribution in [0.25, 0.3) is 0 Å². The second-order valence-corrected chi connectivity index (χ2v) is 5.44. The van der Waals surface area contributed by atoms with Crippen LogP contribution in [0.3, 0.4) is 0 Å². The van der Waals surface area contributed by atoms with Gasteiger partial charge in [0, 0.05) is 37.5 Å². The van der Waals surface area contributed by atoms with Gasteiger partial charge in [-0.1, -0.05) is 15.9 Å². The molecule has 1 aliphatic rings. The lowest BCUT2D eigenvalue weighted by Crippen LogP contribution is -2.04. The molecule has 3 nitrogen and oxygen atoms in total. The summed E-state index contributed by atoms with van der Waals surface area (Å²) < 4.78 is 17.6. The van der Waals surface area contributed by atoms with Gasteiger partial charge in [0.2, 0.25) is 0 Å². The Morgan fingerprint density at radius 2 is 2.22 bits per heavy atom. The van der Waals surface area contributed by atoms with E-state index in [-0.39, 0.29) is 0 Å². The van der Waals surface area contributed by atoms with Gasteiger partial charge >= 0.3 is 0 Å². The molecule has 1 aromatic carbocycles. The van der Waals surface area contributed by atoms with Crippen molar-refractivity contribution in [1.82, 2.24) is 0 Å². The number of methoxy groups -OCH3 is 1. The third-order valence-corrected chi connectivity index (χ3v) is 4.32. The molecule has 0 radical (unpaired) electrons. The highest BCUT2D eigenvalue weighted by Crippen LogP contribution is 2.42. The van der Waals surface area contributed by atoms with Crippen LogP contribution in [0.4, 0.5) is 0 Å². The Labute approximate surface area is 124 Å². The Balaban J connectivity index is 2.19. The largest absolute Gasteiger partial charge is 0.493 e. The minimum Gasteiger partial charge on any atom is -0.493 e. The van der Waals surface area contributed by atoms with Crippen molar-refractivity contribution in [3.8, 4) is 11.5 Å². The monoisotopic (exact) mass is 378 g/mol. The molecule has 0 unspecified atom stereocenters. The average molecular weight is 380 g/mol. The van der Waals surface area contributed by atoms with Gasteiger partial charge in [0.1, 0.15) is 11.5 Å². The molecule has 0 bridgehead atoms. The van der Waals surface area contributed by atoms with E-state index in [0.29, 0.717) is 13.2 Å². The normalized spacial score (nSPS) is 13.3. The lowest BCUT2D eigenvalue weighted by Gasteiger charge is -2.14. The first kappa shape index (κ1) is 14.2. The maximum atomic E-state index is 5.90. The molecule has 18 heavy (non-hydrogen) atoms. The van der Waals surface area contributed by atoms with Gasteiger partial charge in [-0.3, -0.25) is 0 Å². The van der Waals surface area contributed by atoms with Crippen LogP contribution < -0.4 is 9.47 Å². The van der Waals surface area contributed by atoms with Gasteiger partial charge in [0.05, 0.1) is 17.7 Å². The van der Waals surface area contributed by atoms with E-state index in [1.54, 1.807) is 7.11 Å². The topological polar surface area (TPSA) is 27.7 Å². The maximum absolute atomic E-state index is 5.90. The van der Waals surface area contributed by atoms with Gasteiger partial charge in [-0.15, -0.1) is 0 Å². The van der Waals surface area contributed by atoms with Crippen molar-refractivity contribution in [1.29, 1.82) is 0 Å². The Bertz CT molecular complexity index is 420. The fraction of sp³-hybridized carbons (Fsp3) is 0.538. The lowest BCUT2D eigenvalue weighted by molar-refractivity contribution is 0.171. The number of alkyl halides is 1. The van der Waals surface area contributed by atoms with Crippen LogP contribution >= 0.6 is 31.9 Å². The molecule has 0 aliphatic carbocycles.